The topological polar surface area (TPSA) is 164 Å². The molecular weight excluding hydrogens is 348 g/mol. The van der Waals surface area contributed by atoms with Crippen molar-refractivity contribution in [1.82, 2.24) is 24.8 Å². The summed E-state index contributed by atoms with van der Waals surface area (Å²) in [6.45, 7) is 0.818. The maximum Gasteiger partial charge on any atom is 0.280 e. The quantitative estimate of drug-likeness (QED) is 0.398. The lowest BCUT2D eigenvalue weighted by Crippen LogP contribution is -2.55. The molecule has 4 rings (SSSR count). The van der Waals surface area contributed by atoms with Crippen LogP contribution >= 0.6 is 0 Å². The number of fused-ring (bicyclic) bond motifs is 3. The number of carbonyl (C=O) groups is 1. The molecule has 1 amide bonds. The van der Waals surface area contributed by atoms with Gasteiger partial charge in [0.05, 0.1) is 12.9 Å². The van der Waals surface area contributed by atoms with Crippen molar-refractivity contribution < 1.29 is 24.5 Å². The average Bonchev–Trinajstić information content (AvgIpc) is 3.22. The molecule has 0 radical (unpaired) electrons. The van der Waals surface area contributed by atoms with E-state index < -0.39 is 48.3 Å². The third kappa shape index (κ3) is 2.20. The number of aliphatic hydroxyl groups excluding tert-OH is 2. The van der Waals surface area contributed by atoms with Crippen LogP contribution in [0.15, 0.2) is 11.1 Å². The van der Waals surface area contributed by atoms with E-state index in [4.69, 9.17) is 9.47 Å². The fraction of sp³-hybridized carbons (Fsp3) is 0.571. The molecule has 2 aliphatic heterocycles. The predicted octanol–water partition coefficient (Wildman–Crippen LogP) is -2.36. The van der Waals surface area contributed by atoms with Gasteiger partial charge in [0.25, 0.3) is 5.56 Å². The number of rotatable bonds is 4. The van der Waals surface area contributed by atoms with Crippen molar-refractivity contribution in [3.63, 3.8) is 0 Å². The SMILES string of the molecule is CNC1O[C@H]2[C@H](n3cnc4c(=O)[nH]c(NC(C)=O)nc43)O[C@]1(CO)[C@H]2O. The summed E-state index contributed by atoms with van der Waals surface area (Å²) in [5.74, 6) is -0.434. The van der Waals surface area contributed by atoms with E-state index in [1.54, 1.807) is 7.05 Å². The van der Waals surface area contributed by atoms with Crippen LogP contribution in [-0.2, 0) is 14.3 Å². The first kappa shape index (κ1) is 17.1. The number of carbonyl (C=O) groups excluding carboxylic acids is 1. The molecule has 140 valence electrons. The van der Waals surface area contributed by atoms with Crippen LogP contribution in [0.25, 0.3) is 11.2 Å². The summed E-state index contributed by atoms with van der Waals surface area (Å²) in [7, 11) is 1.63. The van der Waals surface area contributed by atoms with Crippen LogP contribution < -0.4 is 16.2 Å². The molecule has 2 aliphatic rings. The number of hydrogen-bond acceptors (Lipinski definition) is 9. The predicted molar refractivity (Wildman–Crippen MR) is 86.1 cm³/mol. The third-order valence-electron chi connectivity index (χ3n) is 4.68. The van der Waals surface area contributed by atoms with Crippen LogP contribution in [-0.4, -0.2) is 73.3 Å². The first-order valence-corrected chi connectivity index (χ1v) is 7.95. The highest BCUT2D eigenvalue weighted by molar-refractivity contribution is 5.87. The van der Waals surface area contributed by atoms with Crippen molar-refractivity contribution in [2.75, 3.05) is 19.0 Å². The molecule has 12 heteroatoms. The Balaban J connectivity index is 1.78. The summed E-state index contributed by atoms with van der Waals surface area (Å²) in [5, 5.41) is 25.6. The summed E-state index contributed by atoms with van der Waals surface area (Å²) in [5.41, 5.74) is -1.68. The lowest BCUT2D eigenvalue weighted by Gasteiger charge is -2.36. The molecule has 2 saturated heterocycles. The number of aliphatic hydroxyl groups is 2. The smallest absolute Gasteiger partial charge is 0.280 e. The molecule has 1 unspecified atom stereocenters. The molecule has 2 aromatic rings. The average molecular weight is 366 g/mol. The van der Waals surface area contributed by atoms with E-state index >= 15 is 0 Å². The van der Waals surface area contributed by atoms with Gasteiger partial charge in [0, 0.05) is 6.92 Å². The molecule has 0 aromatic carbocycles. The van der Waals surface area contributed by atoms with Gasteiger partial charge in [-0.3, -0.25) is 29.8 Å². The number of aromatic amines is 1. The summed E-state index contributed by atoms with van der Waals surface area (Å²) >= 11 is 0. The molecule has 2 aromatic heterocycles. The van der Waals surface area contributed by atoms with Crippen LogP contribution in [0.3, 0.4) is 0 Å². The molecule has 12 nitrogen and oxygen atoms in total. The van der Waals surface area contributed by atoms with Crippen molar-refractivity contribution in [3.8, 4) is 0 Å². The van der Waals surface area contributed by atoms with Crippen LogP contribution in [0.2, 0.25) is 0 Å². The number of ether oxygens (including phenoxy) is 2. The van der Waals surface area contributed by atoms with Crippen LogP contribution in [0.5, 0.6) is 0 Å². The summed E-state index contributed by atoms with van der Waals surface area (Å²) in [6.07, 6.45) is -2.10. The van der Waals surface area contributed by atoms with Gasteiger partial charge in [-0.25, -0.2) is 4.98 Å². The second-order valence-corrected chi connectivity index (χ2v) is 6.26. The van der Waals surface area contributed by atoms with Crippen LogP contribution in [0.4, 0.5) is 5.95 Å². The monoisotopic (exact) mass is 366 g/mol. The minimum absolute atomic E-state index is 0.0358. The highest BCUT2D eigenvalue weighted by atomic mass is 16.7. The summed E-state index contributed by atoms with van der Waals surface area (Å²) < 4.78 is 13.1. The number of hydrogen-bond donors (Lipinski definition) is 5. The number of likely N-dealkylation sites (N-methyl/N-ethyl adjacent to an activating group) is 1. The Kier molecular flexibility index (Phi) is 3.82. The van der Waals surface area contributed by atoms with Crippen LogP contribution in [0.1, 0.15) is 13.2 Å². The van der Waals surface area contributed by atoms with Gasteiger partial charge in [0.15, 0.2) is 23.0 Å². The fourth-order valence-electron chi connectivity index (χ4n) is 3.51. The zero-order valence-electron chi connectivity index (χ0n) is 14.0. The van der Waals surface area contributed by atoms with E-state index in [-0.39, 0.29) is 17.1 Å². The minimum Gasteiger partial charge on any atom is -0.393 e. The van der Waals surface area contributed by atoms with E-state index in [0.717, 1.165) is 0 Å². The van der Waals surface area contributed by atoms with Crippen molar-refractivity contribution in [3.05, 3.63) is 16.7 Å². The van der Waals surface area contributed by atoms with E-state index in [0.29, 0.717) is 0 Å². The molecule has 0 saturated carbocycles. The molecule has 2 bridgehead atoms. The number of anilines is 1. The zero-order valence-corrected chi connectivity index (χ0v) is 14.0. The number of imidazole rings is 1. The van der Waals surface area contributed by atoms with E-state index in [1.165, 1.54) is 17.8 Å². The second kappa shape index (κ2) is 5.82. The summed E-state index contributed by atoms with van der Waals surface area (Å²) in [4.78, 5) is 34.0. The minimum atomic E-state index is -1.34. The van der Waals surface area contributed by atoms with Gasteiger partial charge in [0.1, 0.15) is 18.4 Å². The van der Waals surface area contributed by atoms with E-state index in [2.05, 4.69) is 25.6 Å². The van der Waals surface area contributed by atoms with Crippen molar-refractivity contribution in [2.24, 2.45) is 0 Å². The Morgan fingerprint density at radius 3 is 2.96 bits per heavy atom. The van der Waals surface area contributed by atoms with Crippen molar-refractivity contribution in [1.29, 1.82) is 0 Å². The molecule has 5 N–H and O–H groups in total. The largest absolute Gasteiger partial charge is 0.393 e. The Labute approximate surface area is 146 Å². The number of H-pyrrole nitrogens is 1. The Morgan fingerprint density at radius 1 is 1.54 bits per heavy atom. The maximum absolute atomic E-state index is 12.2. The van der Waals surface area contributed by atoms with Crippen molar-refractivity contribution >= 4 is 23.0 Å². The molecular formula is C14H18N6O6. The molecule has 5 atom stereocenters. The normalized spacial score (nSPS) is 33.1. The Bertz CT molecular complexity index is 926. The van der Waals surface area contributed by atoms with Gasteiger partial charge in [-0.15, -0.1) is 0 Å². The first-order valence-electron chi connectivity index (χ1n) is 7.95. The fourth-order valence-corrected chi connectivity index (χ4v) is 3.51. The van der Waals surface area contributed by atoms with Gasteiger partial charge in [-0.05, 0) is 7.05 Å². The zero-order chi connectivity index (χ0) is 18.6. The van der Waals surface area contributed by atoms with Gasteiger partial charge in [-0.1, -0.05) is 0 Å². The van der Waals surface area contributed by atoms with E-state index in [9.17, 15) is 19.8 Å². The molecule has 0 aliphatic carbocycles. The number of aromatic nitrogens is 4. The second-order valence-electron chi connectivity index (χ2n) is 6.26. The number of nitrogens with one attached hydrogen (secondary N) is 3. The van der Waals surface area contributed by atoms with Gasteiger partial charge < -0.3 is 19.7 Å². The number of amides is 1. The highest BCUT2D eigenvalue weighted by Crippen LogP contribution is 2.48. The lowest BCUT2D eigenvalue weighted by atomic mass is 9.98. The van der Waals surface area contributed by atoms with Gasteiger partial charge in [-0.2, -0.15) is 4.98 Å². The Morgan fingerprint density at radius 2 is 2.31 bits per heavy atom. The lowest BCUT2D eigenvalue weighted by molar-refractivity contribution is -0.228. The molecule has 26 heavy (non-hydrogen) atoms. The van der Waals surface area contributed by atoms with Crippen molar-refractivity contribution in [2.45, 2.75) is 37.2 Å². The van der Waals surface area contributed by atoms with E-state index in [1.807, 2.05) is 0 Å². The van der Waals surface area contributed by atoms with Crippen LogP contribution in [0, 0.1) is 0 Å². The third-order valence-corrected chi connectivity index (χ3v) is 4.68. The highest BCUT2D eigenvalue weighted by Gasteiger charge is 2.66. The van der Waals surface area contributed by atoms with Gasteiger partial charge >= 0.3 is 0 Å². The first-order chi connectivity index (χ1) is 12.4. The Hall–Kier alpha value is -2.38. The number of nitrogens with zero attached hydrogens (tertiary/aromatic N) is 3. The molecule has 2 fully saturated rings. The van der Waals surface area contributed by atoms with Gasteiger partial charge in [0.2, 0.25) is 11.9 Å². The maximum atomic E-state index is 12.2. The standard InChI is InChI=1S/C14H18N6O6/c1-5(22)17-13-18-9-6(10(24)19-13)16-4-20(9)11-7-8(23)14(3-21,26-11)12(15-2)25-7/h4,7-8,11-12,15,21,23H,3H2,1-2H3,(H2,17,18,19,22,24)/t7-,8+,11-,12?,14-/m1/s1. The molecule has 0 spiro atoms. The summed E-state index contributed by atoms with van der Waals surface area (Å²) in [6, 6.07) is 0. The molecule has 4 heterocycles.